The molecule has 0 radical (unpaired) electrons. The van der Waals surface area contributed by atoms with E-state index < -0.39 is 0 Å². The first-order valence-electron chi connectivity index (χ1n) is 7.83. The number of ether oxygens (including phenoxy) is 1. The Bertz CT molecular complexity index is 445. The van der Waals surface area contributed by atoms with Crippen LogP contribution in [0.5, 0.6) is 0 Å². The number of benzene rings is 1. The highest BCUT2D eigenvalue weighted by molar-refractivity contribution is 6.30. The number of hydrogen-bond acceptors (Lipinski definition) is 4. The lowest BCUT2D eigenvalue weighted by Crippen LogP contribution is -2.48. The fourth-order valence-electron chi connectivity index (χ4n) is 3.22. The average Bonchev–Trinajstić information content (AvgIpc) is 2.97. The van der Waals surface area contributed by atoms with E-state index in [1.807, 2.05) is 12.1 Å². The van der Waals surface area contributed by atoms with E-state index in [1.165, 1.54) is 5.69 Å². The predicted octanol–water partition coefficient (Wildman–Crippen LogP) is 1.97. The highest BCUT2D eigenvalue weighted by Crippen LogP contribution is 2.22. The van der Waals surface area contributed by atoms with Crippen LogP contribution in [0.4, 0.5) is 5.69 Å². The summed E-state index contributed by atoms with van der Waals surface area (Å²) in [5, 5.41) is 0.797. The minimum atomic E-state index is 0.283. The molecule has 116 valence electrons. The topological polar surface area (TPSA) is 41.7 Å². The number of nitrogens with two attached hydrogens (primary N) is 1. The van der Waals surface area contributed by atoms with Gasteiger partial charge in [0.1, 0.15) is 0 Å². The monoisotopic (exact) mass is 309 g/mol. The Balaban J connectivity index is 1.46. The maximum absolute atomic E-state index is 5.94. The number of anilines is 1. The summed E-state index contributed by atoms with van der Waals surface area (Å²) in [4.78, 5) is 4.93. The van der Waals surface area contributed by atoms with Crippen LogP contribution in [0.15, 0.2) is 24.3 Å². The largest absolute Gasteiger partial charge is 0.372 e. The van der Waals surface area contributed by atoms with Gasteiger partial charge in [-0.25, -0.2) is 0 Å². The van der Waals surface area contributed by atoms with Crippen molar-refractivity contribution in [2.24, 2.45) is 5.73 Å². The van der Waals surface area contributed by atoms with Gasteiger partial charge < -0.3 is 15.4 Å². The molecule has 0 spiro atoms. The Morgan fingerprint density at radius 1 is 1.05 bits per heavy atom. The van der Waals surface area contributed by atoms with Crippen LogP contribution in [0.1, 0.15) is 12.8 Å². The third kappa shape index (κ3) is 3.89. The average molecular weight is 310 g/mol. The Morgan fingerprint density at radius 2 is 1.71 bits per heavy atom. The molecule has 2 N–H and O–H groups in total. The molecule has 21 heavy (non-hydrogen) atoms. The van der Waals surface area contributed by atoms with Crippen molar-refractivity contribution in [1.82, 2.24) is 4.90 Å². The first-order valence-corrected chi connectivity index (χ1v) is 8.21. The van der Waals surface area contributed by atoms with E-state index in [2.05, 4.69) is 21.9 Å². The van der Waals surface area contributed by atoms with Gasteiger partial charge in [-0.3, -0.25) is 4.90 Å². The Hall–Kier alpha value is -0.810. The maximum atomic E-state index is 5.94. The Kier molecular flexibility index (Phi) is 5.01. The number of nitrogens with zero attached hydrogens (tertiary/aromatic N) is 2. The SMILES string of the molecule is NCC1CCC(CN2CCN(c3ccc(Cl)cc3)CC2)O1. The summed E-state index contributed by atoms with van der Waals surface area (Å²) in [5.74, 6) is 0. The van der Waals surface area contributed by atoms with Gasteiger partial charge >= 0.3 is 0 Å². The minimum absolute atomic E-state index is 0.283. The molecule has 0 saturated carbocycles. The van der Waals surface area contributed by atoms with Gasteiger partial charge in [0.2, 0.25) is 0 Å². The first kappa shape index (κ1) is 15.1. The smallest absolute Gasteiger partial charge is 0.0707 e. The lowest BCUT2D eigenvalue weighted by molar-refractivity contribution is 0.0260. The molecule has 2 aliphatic heterocycles. The fourth-order valence-corrected chi connectivity index (χ4v) is 3.34. The summed E-state index contributed by atoms with van der Waals surface area (Å²) in [6.07, 6.45) is 2.93. The fraction of sp³-hybridized carbons (Fsp3) is 0.625. The van der Waals surface area contributed by atoms with Gasteiger partial charge in [-0.15, -0.1) is 0 Å². The molecule has 2 fully saturated rings. The molecule has 2 aliphatic rings. The molecule has 4 nitrogen and oxygen atoms in total. The van der Waals surface area contributed by atoms with Crippen molar-refractivity contribution in [3.05, 3.63) is 29.3 Å². The maximum Gasteiger partial charge on any atom is 0.0707 e. The highest BCUT2D eigenvalue weighted by atomic mass is 35.5. The summed E-state index contributed by atoms with van der Waals surface area (Å²) in [6.45, 7) is 6.01. The van der Waals surface area contributed by atoms with Crippen LogP contribution >= 0.6 is 11.6 Å². The third-order valence-corrected chi connectivity index (χ3v) is 4.74. The van der Waals surface area contributed by atoms with E-state index in [0.29, 0.717) is 12.6 Å². The van der Waals surface area contributed by atoms with Gasteiger partial charge in [0.05, 0.1) is 12.2 Å². The summed E-state index contributed by atoms with van der Waals surface area (Å²) in [7, 11) is 0. The zero-order chi connectivity index (χ0) is 14.7. The summed E-state index contributed by atoms with van der Waals surface area (Å²) in [5.41, 5.74) is 6.93. The second-order valence-corrected chi connectivity index (χ2v) is 6.39. The zero-order valence-electron chi connectivity index (χ0n) is 12.4. The van der Waals surface area contributed by atoms with Crippen LogP contribution in [0, 0.1) is 0 Å². The van der Waals surface area contributed by atoms with Crippen LogP contribution < -0.4 is 10.6 Å². The van der Waals surface area contributed by atoms with Gasteiger partial charge in [-0.1, -0.05) is 11.6 Å². The molecule has 0 amide bonds. The van der Waals surface area contributed by atoms with Gasteiger partial charge in [0.25, 0.3) is 0 Å². The van der Waals surface area contributed by atoms with Crippen molar-refractivity contribution in [2.45, 2.75) is 25.0 Å². The second-order valence-electron chi connectivity index (χ2n) is 5.96. The van der Waals surface area contributed by atoms with Crippen LogP contribution in [0.2, 0.25) is 5.02 Å². The molecular weight excluding hydrogens is 286 g/mol. The first-order chi connectivity index (χ1) is 10.2. The standard InChI is InChI=1S/C16H24ClN3O/c17-13-1-3-14(4-2-13)20-9-7-19(8-10-20)12-16-6-5-15(11-18)21-16/h1-4,15-16H,5-12,18H2. The van der Waals surface area contributed by atoms with Crippen molar-refractivity contribution in [3.63, 3.8) is 0 Å². The molecule has 1 aromatic rings. The van der Waals surface area contributed by atoms with Crippen molar-refractivity contribution < 1.29 is 4.74 Å². The van der Waals surface area contributed by atoms with E-state index >= 15 is 0 Å². The third-order valence-electron chi connectivity index (χ3n) is 4.48. The van der Waals surface area contributed by atoms with E-state index in [0.717, 1.165) is 50.6 Å². The molecule has 5 heteroatoms. The number of rotatable bonds is 4. The lowest BCUT2D eigenvalue weighted by Gasteiger charge is -2.37. The van der Waals surface area contributed by atoms with Gasteiger partial charge in [0.15, 0.2) is 0 Å². The van der Waals surface area contributed by atoms with Gasteiger partial charge in [-0.05, 0) is 37.1 Å². The van der Waals surface area contributed by atoms with E-state index in [9.17, 15) is 0 Å². The van der Waals surface area contributed by atoms with Crippen LogP contribution in [0.25, 0.3) is 0 Å². The van der Waals surface area contributed by atoms with Crippen LogP contribution in [-0.4, -0.2) is 56.4 Å². The van der Waals surface area contributed by atoms with E-state index in [1.54, 1.807) is 0 Å². The van der Waals surface area contributed by atoms with Crippen molar-refractivity contribution in [3.8, 4) is 0 Å². The van der Waals surface area contributed by atoms with Crippen molar-refractivity contribution in [1.29, 1.82) is 0 Å². The van der Waals surface area contributed by atoms with Gasteiger partial charge in [-0.2, -0.15) is 0 Å². The van der Waals surface area contributed by atoms with E-state index in [4.69, 9.17) is 22.1 Å². The van der Waals surface area contributed by atoms with Crippen LogP contribution in [-0.2, 0) is 4.74 Å². The molecule has 2 unspecified atom stereocenters. The summed E-state index contributed by atoms with van der Waals surface area (Å²) < 4.78 is 5.94. The molecule has 2 heterocycles. The number of piperazine rings is 1. The zero-order valence-corrected chi connectivity index (χ0v) is 13.1. The molecule has 3 rings (SSSR count). The van der Waals surface area contributed by atoms with Crippen molar-refractivity contribution in [2.75, 3.05) is 44.2 Å². The molecule has 0 bridgehead atoms. The van der Waals surface area contributed by atoms with Crippen molar-refractivity contribution >= 4 is 17.3 Å². The molecule has 0 aromatic heterocycles. The Morgan fingerprint density at radius 3 is 2.33 bits per heavy atom. The quantitative estimate of drug-likeness (QED) is 0.923. The lowest BCUT2D eigenvalue weighted by atomic mass is 10.1. The molecule has 2 atom stereocenters. The molecule has 0 aliphatic carbocycles. The molecule has 2 saturated heterocycles. The van der Waals surface area contributed by atoms with Gasteiger partial charge in [0, 0.05) is 50.0 Å². The van der Waals surface area contributed by atoms with E-state index in [-0.39, 0.29) is 6.10 Å². The predicted molar refractivity (Wildman–Crippen MR) is 87.1 cm³/mol. The van der Waals surface area contributed by atoms with Crippen LogP contribution in [0.3, 0.4) is 0 Å². The summed E-state index contributed by atoms with van der Waals surface area (Å²) >= 11 is 5.94. The summed E-state index contributed by atoms with van der Waals surface area (Å²) in [6, 6.07) is 8.12. The number of halogens is 1. The normalized spacial score (nSPS) is 27.2. The Labute approximate surface area is 131 Å². The molecular formula is C16H24ClN3O. The minimum Gasteiger partial charge on any atom is -0.372 e. The molecule has 1 aromatic carbocycles. The number of hydrogen-bond donors (Lipinski definition) is 1. The highest BCUT2D eigenvalue weighted by Gasteiger charge is 2.27. The second kappa shape index (κ2) is 6.97.